The zero-order chi connectivity index (χ0) is 21.6. The van der Waals surface area contributed by atoms with Crippen molar-refractivity contribution < 1.29 is 14.6 Å². The van der Waals surface area contributed by atoms with Gasteiger partial charge in [0.1, 0.15) is 17.1 Å². The van der Waals surface area contributed by atoms with E-state index in [1.54, 1.807) is 14.2 Å². The number of hydrogen-bond acceptors (Lipinski definition) is 4. The summed E-state index contributed by atoms with van der Waals surface area (Å²) in [6, 6.07) is 25.7. The smallest absolute Gasteiger partial charge is 0.119 e. The molecular formula is C26H31NO3. The van der Waals surface area contributed by atoms with Gasteiger partial charge in [-0.05, 0) is 61.5 Å². The molecular weight excluding hydrogens is 374 g/mol. The van der Waals surface area contributed by atoms with E-state index in [0.29, 0.717) is 6.54 Å². The van der Waals surface area contributed by atoms with Crippen molar-refractivity contribution in [3.05, 3.63) is 95.6 Å². The molecule has 0 spiro atoms. The second kappa shape index (κ2) is 9.79. The van der Waals surface area contributed by atoms with E-state index in [9.17, 15) is 5.11 Å². The molecule has 0 saturated carbocycles. The van der Waals surface area contributed by atoms with Gasteiger partial charge in [0.05, 0.1) is 14.2 Å². The molecule has 3 aromatic carbocycles. The monoisotopic (exact) mass is 405 g/mol. The zero-order valence-corrected chi connectivity index (χ0v) is 18.2. The van der Waals surface area contributed by atoms with Gasteiger partial charge in [0.15, 0.2) is 0 Å². The normalized spacial score (nSPS) is 12.6. The third-order valence-electron chi connectivity index (χ3n) is 5.52. The molecule has 0 radical (unpaired) electrons. The fourth-order valence-electron chi connectivity index (χ4n) is 4.04. The van der Waals surface area contributed by atoms with E-state index < -0.39 is 5.60 Å². The van der Waals surface area contributed by atoms with Gasteiger partial charge in [0.25, 0.3) is 0 Å². The van der Waals surface area contributed by atoms with Crippen molar-refractivity contribution in [3.63, 3.8) is 0 Å². The van der Waals surface area contributed by atoms with Crippen LogP contribution in [0.4, 0.5) is 0 Å². The highest BCUT2D eigenvalue weighted by atomic mass is 16.5. The molecule has 0 aliphatic carbocycles. The van der Waals surface area contributed by atoms with Crippen molar-refractivity contribution >= 4 is 0 Å². The molecule has 3 aromatic rings. The minimum atomic E-state index is -1.23. The summed E-state index contributed by atoms with van der Waals surface area (Å²) in [6.07, 6.45) is 0.726. The Bertz CT molecular complexity index is 892. The summed E-state index contributed by atoms with van der Waals surface area (Å²) >= 11 is 0. The lowest BCUT2D eigenvalue weighted by Crippen LogP contribution is -2.43. The van der Waals surface area contributed by atoms with Gasteiger partial charge in [0, 0.05) is 12.5 Å². The Balaban J connectivity index is 2.18. The van der Waals surface area contributed by atoms with Crippen LogP contribution >= 0.6 is 0 Å². The second-order valence-electron chi connectivity index (χ2n) is 7.88. The van der Waals surface area contributed by atoms with Crippen LogP contribution in [-0.2, 0) is 12.0 Å². The number of methoxy groups -OCH3 is 2. The average Bonchev–Trinajstić information content (AvgIpc) is 2.78. The van der Waals surface area contributed by atoms with E-state index in [1.807, 2.05) is 80.8 Å². The van der Waals surface area contributed by atoms with Crippen LogP contribution < -0.4 is 9.47 Å². The molecule has 0 amide bonds. The molecule has 0 aromatic heterocycles. The molecule has 1 N–H and O–H groups in total. The molecule has 0 bridgehead atoms. The molecule has 0 saturated heterocycles. The summed E-state index contributed by atoms with van der Waals surface area (Å²) in [6.45, 7) is 0.708. The molecule has 158 valence electrons. The average molecular weight is 406 g/mol. The lowest BCUT2D eigenvalue weighted by atomic mass is 9.73. The summed E-state index contributed by atoms with van der Waals surface area (Å²) in [5.41, 5.74) is 1.56. The third-order valence-corrected chi connectivity index (χ3v) is 5.52. The van der Waals surface area contributed by atoms with E-state index >= 15 is 0 Å². The Morgan fingerprint density at radius 2 is 1.33 bits per heavy atom. The zero-order valence-electron chi connectivity index (χ0n) is 18.2. The van der Waals surface area contributed by atoms with Crippen molar-refractivity contribution in [1.29, 1.82) is 0 Å². The third kappa shape index (κ3) is 4.84. The van der Waals surface area contributed by atoms with Crippen molar-refractivity contribution in [3.8, 4) is 11.5 Å². The van der Waals surface area contributed by atoms with Gasteiger partial charge >= 0.3 is 0 Å². The largest absolute Gasteiger partial charge is 0.497 e. The van der Waals surface area contributed by atoms with Gasteiger partial charge in [-0.1, -0.05) is 54.6 Å². The number of rotatable bonds is 9. The molecule has 0 aliphatic heterocycles. The SMILES string of the molecule is COc1cccc(C(O)(c2cccc(OC)c2)[C@@H](Cc2ccccc2)CN(C)C)c1. The lowest BCUT2D eigenvalue weighted by molar-refractivity contribution is 0.00478. The molecule has 4 heteroatoms. The first-order valence-electron chi connectivity index (χ1n) is 10.2. The first-order valence-corrected chi connectivity index (χ1v) is 10.2. The number of benzene rings is 3. The van der Waals surface area contributed by atoms with Crippen LogP contribution in [0.5, 0.6) is 11.5 Å². The van der Waals surface area contributed by atoms with E-state index in [-0.39, 0.29) is 5.92 Å². The Labute approximate surface area is 179 Å². The summed E-state index contributed by atoms with van der Waals surface area (Å²) in [4.78, 5) is 2.12. The summed E-state index contributed by atoms with van der Waals surface area (Å²) < 4.78 is 10.9. The van der Waals surface area contributed by atoms with Crippen LogP contribution in [0.3, 0.4) is 0 Å². The molecule has 0 fully saturated rings. The van der Waals surface area contributed by atoms with E-state index in [0.717, 1.165) is 29.0 Å². The first kappa shape index (κ1) is 21.9. The summed E-state index contributed by atoms with van der Waals surface area (Å²) in [5, 5.41) is 12.4. The minimum Gasteiger partial charge on any atom is -0.497 e. The molecule has 3 rings (SSSR count). The predicted molar refractivity (Wildman–Crippen MR) is 121 cm³/mol. The minimum absolute atomic E-state index is 0.103. The van der Waals surface area contributed by atoms with Crippen molar-refractivity contribution in [2.75, 3.05) is 34.9 Å². The van der Waals surface area contributed by atoms with Crippen LogP contribution in [0.25, 0.3) is 0 Å². The second-order valence-corrected chi connectivity index (χ2v) is 7.88. The highest BCUT2D eigenvalue weighted by Crippen LogP contribution is 2.41. The molecule has 1 atom stereocenters. The van der Waals surface area contributed by atoms with Gasteiger partial charge in [-0.3, -0.25) is 0 Å². The fourth-order valence-corrected chi connectivity index (χ4v) is 4.04. The molecule has 4 nitrogen and oxygen atoms in total. The van der Waals surface area contributed by atoms with Crippen LogP contribution in [0.1, 0.15) is 16.7 Å². The molecule has 30 heavy (non-hydrogen) atoms. The Kier molecular flexibility index (Phi) is 7.14. The number of ether oxygens (including phenoxy) is 2. The number of hydrogen-bond donors (Lipinski definition) is 1. The summed E-state index contributed by atoms with van der Waals surface area (Å²) in [5.74, 6) is 1.34. The number of aliphatic hydroxyl groups is 1. The highest BCUT2D eigenvalue weighted by molar-refractivity contribution is 5.44. The Morgan fingerprint density at radius 1 is 0.800 bits per heavy atom. The van der Waals surface area contributed by atoms with Gasteiger partial charge in [-0.15, -0.1) is 0 Å². The van der Waals surface area contributed by atoms with Gasteiger partial charge < -0.3 is 19.5 Å². The number of nitrogens with zero attached hydrogens (tertiary/aromatic N) is 1. The Morgan fingerprint density at radius 3 is 1.80 bits per heavy atom. The van der Waals surface area contributed by atoms with Gasteiger partial charge in [-0.2, -0.15) is 0 Å². The van der Waals surface area contributed by atoms with Gasteiger partial charge in [-0.25, -0.2) is 0 Å². The maximum absolute atomic E-state index is 12.4. The first-order chi connectivity index (χ1) is 14.5. The Hall–Kier alpha value is -2.82. The van der Waals surface area contributed by atoms with Crippen molar-refractivity contribution in [2.24, 2.45) is 5.92 Å². The van der Waals surface area contributed by atoms with Crippen LogP contribution in [0.2, 0.25) is 0 Å². The highest BCUT2D eigenvalue weighted by Gasteiger charge is 2.41. The lowest BCUT2D eigenvalue weighted by Gasteiger charge is -2.39. The van der Waals surface area contributed by atoms with E-state index in [2.05, 4.69) is 17.0 Å². The van der Waals surface area contributed by atoms with Crippen LogP contribution in [0.15, 0.2) is 78.9 Å². The topological polar surface area (TPSA) is 41.9 Å². The van der Waals surface area contributed by atoms with Crippen molar-refractivity contribution in [1.82, 2.24) is 4.90 Å². The molecule has 0 unspecified atom stereocenters. The van der Waals surface area contributed by atoms with Gasteiger partial charge in [0.2, 0.25) is 0 Å². The molecule has 0 heterocycles. The standard InChI is InChI=1S/C26H31NO3/c1-27(2)19-23(16-20-10-6-5-7-11-20)26(28,21-12-8-14-24(17-21)29-3)22-13-9-15-25(18-22)30-4/h5-15,17-18,23,28H,16,19H2,1-4H3/t23-/m0/s1. The predicted octanol–water partition coefficient (Wildman–Crippen LogP) is 4.36. The summed E-state index contributed by atoms with van der Waals surface area (Å²) in [7, 11) is 7.36. The fraction of sp³-hybridized carbons (Fsp3) is 0.308. The van der Waals surface area contributed by atoms with E-state index in [4.69, 9.17) is 9.47 Å². The quantitative estimate of drug-likeness (QED) is 0.574. The van der Waals surface area contributed by atoms with E-state index in [1.165, 1.54) is 5.56 Å². The van der Waals surface area contributed by atoms with Crippen LogP contribution in [-0.4, -0.2) is 44.9 Å². The maximum Gasteiger partial charge on any atom is 0.119 e. The van der Waals surface area contributed by atoms with Crippen LogP contribution in [0, 0.1) is 5.92 Å². The maximum atomic E-state index is 12.4. The van der Waals surface area contributed by atoms with Crippen molar-refractivity contribution in [2.45, 2.75) is 12.0 Å². The molecule has 0 aliphatic rings.